The molecule has 1 aromatic carbocycles. The molecule has 2 aromatic rings. The summed E-state index contributed by atoms with van der Waals surface area (Å²) in [5.74, 6) is -1.26. The number of benzene rings is 1. The third-order valence-electron chi connectivity index (χ3n) is 2.98. The van der Waals surface area contributed by atoms with Crippen LogP contribution in [0.4, 0.5) is 6.01 Å². The van der Waals surface area contributed by atoms with Crippen molar-refractivity contribution in [2.45, 2.75) is 10.6 Å². The van der Waals surface area contributed by atoms with Crippen molar-refractivity contribution in [3.05, 3.63) is 48.2 Å². The van der Waals surface area contributed by atoms with E-state index >= 15 is 0 Å². The highest BCUT2D eigenvalue weighted by molar-refractivity contribution is 7.90. The summed E-state index contributed by atoms with van der Waals surface area (Å²) in [6, 6.07) is 7.67. The van der Waals surface area contributed by atoms with Crippen LogP contribution in [0.5, 0.6) is 0 Å². The molecule has 10 heteroatoms. The van der Waals surface area contributed by atoms with Gasteiger partial charge in [-0.3, -0.25) is 10.1 Å². The van der Waals surface area contributed by atoms with Crippen molar-refractivity contribution < 1.29 is 27.1 Å². The number of nitrogens with one attached hydrogen (secondary N) is 1. The van der Waals surface area contributed by atoms with Gasteiger partial charge in [0, 0.05) is 0 Å². The molecule has 126 valence electrons. The Labute approximate surface area is 137 Å². The molecule has 1 aliphatic rings. The number of rotatable bonds is 5. The number of nitrogens with zero attached hydrogens (tertiary/aromatic N) is 2. The third-order valence-corrected chi connectivity index (χ3v) is 4.59. The molecule has 0 radical (unpaired) electrons. The van der Waals surface area contributed by atoms with Crippen LogP contribution in [0.1, 0.15) is 5.89 Å². The van der Waals surface area contributed by atoms with Crippen LogP contribution in [0.15, 0.2) is 51.7 Å². The number of sulfone groups is 1. The van der Waals surface area contributed by atoms with E-state index in [1.807, 2.05) is 0 Å². The number of hydrogen-bond donors (Lipinski definition) is 1. The molecule has 3 rings (SSSR count). The van der Waals surface area contributed by atoms with Crippen molar-refractivity contribution in [2.75, 3.05) is 18.5 Å². The minimum absolute atomic E-state index is 0.0297. The van der Waals surface area contributed by atoms with Crippen molar-refractivity contribution in [3.8, 4) is 0 Å². The van der Waals surface area contributed by atoms with Crippen LogP contribution < -0.4 is 5.32 Å². The fourth-order valence-corrected chi connectivity index (χ4v) is 3.06. The van der Waals surface area contributed by atoms with Crippen molar-refractivity contribution in [1.82, 2.24) is 10.2 Å². The maximum atomic E-state index is 12.2. The van der Waals surface area contributed by atoms with E-state index in [2.05, 4.69) is 15.5 Å². The van der Waals surface area contributed by atoms with Gasteiger partial charge in [-0.25, -0.2) is 8.42 Å². The molecule has 9 nitrogen and oxygen atoms in total. The Morgan fingerprint density at radius 3 is 2.67 bits per heavy atom. The quantitative estimate of drug-likeness (QED) is 0.842. The fraction of sp³-hybridized carbons (Fsp3) is 0.214. The minimum atomic E-state index is -3.61. The largest absolute Gasteiger partial charge is 0.494 e. The van der Waals surface area contributed by atoms with Crippen molar-refractivity contribution >= 4 is 21.8 Å². The Morgan fingerprint density at radius 1 is 1.17 bits per heavy atom. The number of carbonyl (C=O) groups excluding carboxylic acids is 1. The summed E-state index contributed by atoms with van der Waals surface area (Å²) in [6.45, 7) is 0.614. The number of hydrogen-bond acceptors (Lipinski definition) is 8. The summed E-state index contributed by atoms with van der Waals surface area (Å²) < 4.78 is 39.6. The van der Waals surface area contributed by atoms with E-state index in [9.17, 15) is 13.2 Å². The molecule has 0 bridgehead atoms. The van der Waals surface area contributed by atoms with Crippen LogP contribution in [-0.2, 0) is 29.9 Å². The van der Waals surface area contributed by atoms with Crippen LogP contribution in [0.25, 0.3) is 0 Å². The topological polar surface area (TPSA) is 121 Å². The average Bonchev–Trinajstić information content (AvgIpc) is 3.02. The fourth-order valence-electron chi connectivity index (χ4n) is 1.88. The molecule has 1 amide bonds. The van der Waals surface area contributed by atoms with Crippen molar-refractivity contribution in [2.24, 2.45) is 0 Å². The third kappa shape index (κ3) is 3.71. The summed E-state index contributed by atoms with van der Waals surface area (Å²) in [5, 5.41) is 9.53. The first-order valence-electron chi connectivity index (χ1n) is 6.91. The predicted octanol–water partition coefficient (Wildman–Crippen LogP) is 0.870. The van der Waals surface area contributed by atoms with E-state index in [4.69, 9.17) is 13.9 Å². The Morgan fingerprint density at radius 2 is 1.96 bits per heavy atom. The highest BCUT2D eigenvalue weighted by atomic mass is 32.2. The van der Waals surface area contributed by atoms with E-state index in [-0.39, 0.29) is 29.2 Å². The summed E-state index contributed by atoms with van der Waals surface area (Å²) in [6.07, 6.45) is 1.18. The molecule has 0 atom stereocenters. The summed E-state index contributed by atoms with van der Waals surface area (Å²) in [5.41, 5.74) is 0. The highest BCUT2D eigenvalue weighted by Crippen LogP contribution is 2.17. The molecule has 0 unspecified atom stereocenters. The Hall–Kier alpha value is -2.88. The maximum absolute atomic E-state index is 12.2. The van der Waals surface area contributed by atoms with Gasteiger partial charge in [0.1, 0.15) is 25.2 Å². The van der Waals surface area contributed by atoms with Crippen LogP contribution >= 0.6 is 0 Å². The van der Waals surface area contributed by atoms with Crippen LogP contribution in [0.3, 0.4) is 0 Å². The molecule has 0 saturated carbocycles. The second-order valence-electron chi connectivity index (χ2n) is 4.73. The summed E-state index contributed by atoms with van der Waals surface area (Å²) in [4.78, 5) is 12.0. The van der Waals surface area contributed by atoms with Gasteiger partial charge in [0.2, 0.25) is 11.6 Å². The van der Waals surface area contributed by atoms with Crippen molar-refractivity contribution in [3.63, 3.8) is 0 Å². The van der Waals surface area contributed by atoms with Gasteiger partial charge < -0.3 is 13.9 Å². The molecular formula is C14H13N3O6S. The number of aromatic nitrogens is 2. The van der Waals surface area contributed by atoms with Gasteiger partial charge in [0.05, 0.1) is 4.90 Å². The van der Waals surface area contributed by atoms with Gasteiger partial charge in [0.25, 0.3) is 5.91 Å². The zero-order valence-corrected chi connectivity index (χ0v) is 13.2. The smallest absolute Gasteiger partial charge is 0.322 e. The Bertz CT molecular complexity index is 860. The van der Waals surface area contributed by atoms with E-state index in [1.165, 1.54) is 18.4 Å². The molecule has 0 fully saturated rings. The first kappa shape index (κ1) is 16.0. The normalized spacial score (nSPS) is 14.2. The van der Waals surface area contributed by atoms with Crippen LogP contribution in [0.2, 0.25) is 0 Å². The lowest BCUT2D eigenvalue weighted by Gasteiger charge is -2.13. The lowest BCUT2D eigenvalue weighted by atomic mass is 10.4. The SMILES string of the molecule is O=C(Nc1nnc(CS(=O)(=O)c2ccccc2)o1)C1=COCCO1. The monoisotopic (exact) mass is 351 g/mol. The molecule has 1 N–H and O–H groups in total. The highest BCUT2D eigenvalue weighted by Gasteiger charge is 2.21. The minimum Gasteiger partial charge on any atom is -0.494 e. The average molecular weight is 351 g/mol. The molecule has 0 saturated heterocycles. The lowest BCUT2D eigenvalue weighted by molar-refractivity contribution is -0.117. The van der Waals surface area contributed by atoms with Crippen LogP contribution in [0, 0.1) is 0 Å². The van der Waals surface area contributed by atoms with Gasteiger partial charge in [-0.1, -0.05) is 23.3 Å². The zero-order valence-electron chi connectivity index (χ0n) is 12.3. The van der Waals surface area contributed by atoms with Crippen LogP contribution in [-0.4, -0.2) is 37.7 Å². The molecule has 0 spiro atoms. The van der Waals surface area contributed by atoms with Gasteiger partial charge in [-0.05, 0) is 12.1 Å². The van der Waals surface area contributed by atoms with Gasteiger partial charge in [-0.15, -0.1) is 5.10 Å². The first-order chi connectivity index (χ1) is 11.5. The number of anilines is 1. The molecule has 1 aromatic heterocycles. The molecular weight excluding hydrogens is 338 g/mol. The zero-order chi connectivity index (χ0) is 17.0. The second-order valence-corrected chi connectivity index (χ2v) is 6.72. The van der Waals surface area contributed by atoms with Gasteiger partial charge in [0.15, 0.2) is 9.84 Å². The summed E-state index contributed by atoms with van der Waals surface area (Å²) >= 11 is 0. The molecule has 24 heavy (non-hydrogen) atoms. The second kappa shape index (κ2) is 6.71. The first-order valence-corrected chi connectivity index (χ1v) is 8.56. The maximum Gasteiger partial charge on any atom is 0.322 e. The summed E-state index contributed by atoms with van der Waals surface area (Å²) in [7, 11) is -3.61. The molecule has 1 aliphatic heterocycles. The number of ether oxygens (including phenoxy) is 2. The number of amides is 1. The molecule has 0 aliphatic carbocycles. The van der Waals surface area contributed by atoms with E-state index < -0.39 is 21.5 Å². The van der Waals surface area contributed by atoms with E-state index in [0.29, 0.717) is 6.61 Å². The van der Waals surface area contributed by atoms with E-state index in [1.54, 1.807) is 18.2 Å². The van der Waals surface area contributed by atoms with Gasteiger partial charge in [-0.2, -0.15) is 0 Å². The van der Waals surface area contributed by atoms with E-state index in [0.717, 1.165) is 0 Å². The number of carbonyl (C=O) groups is 1. The van der Waals surface area contributed by atoms with Gasteiger partial charge >= 0.3 is 6.01 Å². The predicted molar refractivity (Wildman–Crippen MR) is 80.2 cm³/mol. The Kier molecular flexibility index (Phi) is 4.47. The Balaban J connectivity index is 1.67. The molecule has 2 heterocycles. The standard InChI is InChI=1S/C14H13N3O6S/c18-13(11-8-21-6-7-22-11)15-14-17-16-12(23-14)9-24(19,20)10-4-2-1-3-5-10/h1-5,8H,6-7,9H2,(H,15,17,18). The van der Waals surface area contributed by atoms with Crippen molar-refractivity contribution in [1.29, 1.82) is 0 Å². The lowest BCUT2D eigenvalue weighted by Crippen LogP contribution is -2.21.